The molecule has 1 aliphatic heterocycles. The Morgan fingerprint density at radius 2 is 2.06 bits per heavy atom. The molecule has 0 radical (unpaired) electrons. The van der Waals surface area contributed by atoms with Gasteiger partial charge in [-0.3, -0.25) is 0 Å². The van der Waals surface area contributed by atoms with E-state index in [0.29, 0.717) is 12.8 Å². The summed E-state index contributed by atoms with van der Waals surface area (Å²) in [5.74, 6) is 1.31. The van der Waals surface area contributed by atoms with E-state index in [1.54, 1.807) is 11.8 Å². The van der Waals surface area contributed by atoms with Gasteiger partial charge in [0.25, 0.3) is 0 Å². The summed E-state index contributed by atoms with van der Waals surface area (Å²) in [6, 6.07) is 2.08. The van der Waals surface area contributed by atoms with Crippen LogP contribution in [-0.4, -0.2) is 42.2 Å². The van der Waals surface area contributed by atoms with Gasteiger partial charge in [-0.05, 0) is 19.1 Å². The fourth-order valence-corrected chi connectivity index (χ4v) is 3.65. The topological polar surface area (TPSA) is 72.0 Å². The average Bonchev–Trinajstić information content (AvgIpc) is 2.32. The zero-order chi connectivity index (χ0) is 12.3. The molecule has 0 saturated carbocycles. The second-order valence-electron chi connectivity index (χ2n) is 4.02. The molecule has 0 aliphatic carbocycles. The summed E-state index contributed by atoms with van der Waals surface area (Å²) in [5.41, 5.74) is 0. The monoisotopic (exact) mass is 273 g/mol. The number of nitrogens with one attached hydrogen (secondary N) is 1. The highest BCUT2D eigenvalue weighted by molar-refractivity contribution is 7.98. The summed E-state index contributed by atoms with van der Waals surface area (Å²) in [6.07, 6.45) is 4.79. The molecule has 1 N–H and O–H groups in total. The van der Waals surface area contributed by atoms with E-state index in [-0.39, 0.29) is 17.5 Å². The van der Waals surface area contributed by atoms with Crippen molar-refractivity contribution >= 4 is 27.4 Å². The standard InChI is InChI=1S/C10H15N3O2S2/c1-16-10-6-9(11-7-12-10)13-8-2-4-17(14,15)5-3-8/h6-8H,2-5H2,1H3,(H,11,12,13). The molecule has 0 atom stereocenters. The molecule has 0 spiro atoms. The van der Waals surface area contributed by atoms with Crippen molar-refractivity contribution in [3.63, 3.8) is 0 Å². The fraction of sp³-hybridized carbons (Fsp3) is 0.600. The van der Waals surface area contributed by atoms with Crippen LogP contribution in [0.15, 0.2) is 17.4 Å². The van der Waals surface area contributed by atoms with Crippen molar-refractivity contribution < 1.29 is 8.42 Å². The summed E-state index contributed by atoms with van der Waals surface area (Å²) in [5, 5.41) is 4.17. The number of sulfone groups is 1. The van der Waals surface area contributed by atoms with Crippen LogP contribution in [0.25, 0.3) is 0 Å². The molecule has 0 bridgehead atoms. The minimum absolute atomic E-state index is 0.197. The first-order valence-corrected chi connectivity index (χ1v) is 8.47. The van der Waals surface area contributed by atoms with Crippen LogP contribution >= 0.6 is 11.8 Å². The summed E-state index contributed by atoms with van der Waals surface area (Å²) in [7, 11) is -2.80. The molecule has 0 amide bonds. The molecule has 1 saturated heterocycles. The van der Waals surface area contributed by atoms with Gasteiger partial charge in [-0.15, -0.1) is 11.8 Å². The van der Waals surface area contributed by atoms with Gasteiger partial charge >= 0.3 is 0 Å². The van der Waals surface area contributed by atoms with Crippen LogP contribution in [0.3, 0.4) is 0 Å². The van der Waals surface area contributed by atoms with E-state index in [0.717, 1.165) is 10.8 Å². The van der Waals surface area contributed by atoms with E-state index < -0.39 is 9.84 Å². The van der Waals surface area contributed by atoms with Crippen molar-refractivity contribution in [3.05, 3.63) is 12.4 Å². The van der Waals surface area contributed by atoms with E-state index in [1.165, 1.54) is 6.33 Å². The molecule has 5 nitrogen and oxygen atoms in total. The van der Waals surface area contributed by atoms with Crippen LogP contribution in [0.5, 0.6) is 0 Å². The molecule has 1 aromatic rings. The van der Waals surface area contributed by atoms with Gasteiger partial charge in [0.05, 0.1) is 11.5 Å². The van der Waals surface area contributed by atoms with Gasteiger partial charge in [0, 0.05) is 12.1 Å². The van der Waals surface area contributed by atoms with Crippen LogP contribution in [0, 0.1) is 0 Å². The summed E-state index contributed by atoms with van der Waals surface area (Å²) >= 11 is 1.56. The van der Waals surface area contributed by atoms with Gasteiger partial charge in [0.2, 0.25) is 0 Å². The number of nitrogens with zero attached hydrogens (tertiary/aromatic N) is 2. The molecule has 1 aliphatic rings. The first-order valence-electron chi connectivity index (χ1n) is 5.42. The minimum atomic E-state index is -2.80. The van der Waals surface area contributed by atoms with Gasteiger partial charge in [0.1, 0.15) is 27.0 Å². The van der Waals surface area contributed by atoms with Gasteiger partial charge in [-0.25, -0.2) is 18.4 Å². The fourth-order valence-electron chi connectivity index (χ4n) is 1.77. The molecular formula is C10H15N3O2S2. The molecule has 2 rings (SSSR count). The normalized spacial score (nSPS) is 20.1. The molecule has 7 heteroatoms. The van der Waals surface area contributed by atoms with Gasteiger partial charge < -0.3 is 5.32 Å². The average molecular weight is 273 g/mol. The molecule has 0 unspecified atom stereocenters. The Labute approximate surface area is 105 Å². The maximum atomic E-state index is 11.3. The predicted molar refractivity (Wildman–Crippen MR) is 69.1 cm³/mol. The maximum Gasteiger partial charge on any atom is 0.150 e. The molecule has 1 aromatic heterocycles. The van der Waals surface area contributed by atoms with Crippen molar-refractivity contribution in [1.82, 2.24) is 9.97 Å². The Morgan fingerprint density at radius 3 is 2.71 bits per heavy atom. The van der Waals surface area contributed by atoms with Crippen molar-refractivity contribution in [2.75, 3.05) is 23.1 Å². The van der Waals surface area contributed by atoms with Gasteiger partial charge in [-0.1, -0.05) is 0 Å². The van der Waals surface area contributed by atoms with Crippen LogP contribution in [0.1, 0.15) is 12.8 Å². The van der Waals surface area contributed by atoms with Crippen LogP contribution < -0.4 is 5.32 Å². The summed E-state index contributed by atoms with van der Waals surface area (Å²) < 4.78 is 22.6. The molecule has 0 aromatic carbocycles. The highest BCUT2D eigenvalue weighted by Crippen LogP contribution is 2.18. The van der Waals surface area contributed by atoms with E-state index in [4.69, 9.17) is 0 Å². The largest absolute Gasteiger partial charge is 0.367 e. The molecular weight excluding hydrogens is 258 g/mol. The predicted octanol–water partition coefficient (Wildman–Crippen LogP) is 1.19. The van der Waals surface area contributed by atoms with Gasteiger partial charge in [0.15, 0.2) is 0 Å². The van der Waals surface area contributed by atoms with Crippen molar-refractivity contribution in [3.8, 4) is 0 Å². The highest BCUT2D eigenvalue weighted by atomic mass is 32.2. The number of rotatable bonds is 3. The smallest absolute Gasteiger partial charge is 0.150 e. The first kappa shape index (κ1) is 12.6. The second-order valence-corrected chi connectivity index (χ2v) is 7.15. The zero-order valence-electron chi connectivity index (χ0n) is 9.59. The lowest BCUT2D eigenvalue weighted by atomic mass is 10.1. The van der Waals surface area contributed by atoms with E-state index in [9.17, 15) is 8.42 Å². The Kier molecular flexibility index (Phi) is 3.88. The molecule has 94 valence electrons. The first-order chi connectivity index (χ1) is 8.09. The Morgan fingerprint density at radius 1 is 1.35 bits per heavy atom. The highest BCUT2D eigenvalue weighted by Gasteiger charge is 2.23. The maximum absolute atomic E-state index is 11.3. The third-order valence-corrected chi connectivity index (χ3v) is 5.11. The number of thioether (sulfide) groups is 1. The number of aromatic nitrogens is 2. The molecule has 2 heterocycles. The summed E-state index contributed by atoms with van der Waals surface area (Å²) in [6.45, 7) is 0. The van der Waals surface area contributed by atoms with E-state index >= 15 is 0 Å². The number of hydrogen-bond acceptors (Lipinski definition) is 6. The Bertz CT molecular complexity index is 476. The van der Waals surface area contributed by atoms with Crippen molar-refractivity contribution in [2.24, 2.45) is 0 Å². The van der Waals surface area contributed by atoms with Crippen LogP contribution in [0.4, 0.5) is 5.82 Å². The van der Waals surface area contributed by atoms with Crippen LogP contribution in [-0.2, 0) is 9.84 Å². The van der Waals surface area contributed by atoms with Crippen molar-refractivity contribution in [1.29, 1.82) is 0 Å². The van der Waals surface area contributed by atoms with Crippen molar-refractivity contribution in [2.45, 2.75) is 23.9 Å². The number of anilines is 1. The molecule has 17 heavy (non-hydrogen) atoms. The quantitative estimate of drug-likeness (QED) is 0.659. The van der Waals surface area contributed by atoms with E-state index in [1.807, 2.05) is 12.3 Å². The number of hydrogen-bond donors (Lipinski definition) is 1. The van der Waals surface area contributed by atoms with E-state index in [2.05, 4.69) is 15.3 Å². The third-order valence-electron chi connectivity index (χ3n) is 2.76. The lowest BCUT2D eigenvalue weighted by Gasteiger charge is -2.23. The minimum Gasteiger partial charge on any atom is -0.367 e. The lowest BCUT2D eigenvalue weighted by Crippen LogP contribution is -2.32. The van der Waals surface area contributed by atoms with Crippen LogP contribution in [0.2, 0.25) is 0 Å². The third kappa shape index (κ3) is 3.57. The van der Waals surface area contributed by atoms with Gasteiger partial charge in [-0.2, -0.15) is 0 Å². The molecule has 1 fully saturated rings. The lowest BCUT2D eigenvalue weighted by molar-refractivity contribution is 0.559. The second kappa shape index (κ2) is 5.22. The Hall–Kier alpha value is -0.820. The Balaban J connectivity index is 1.97. The SMILES string of the molecule is CSc1cc(NC2CCS(=O)(=O)CC2)ncn1. The zero-order valence-corrected chi connectivity index (χ0v) is 11.2. The summed E-state index contributed by atoms with van der Waals surface area (Å²) in [4.78, 5) is 8.22.